The maximum absolute atomic E-state index is 12.7. The molecule has 27 nitrogen and oxygen atoms in total. The van der Waals surface area contributed by atoms with E-state index < -0.39 is 11.2 Å². The number of nitrogen functional groups attached to an aromatic ring is 1. The number of aliphatic hydroxyl groups is 4. The van der Waals surface area contributed by atoms with Crippen LogP contribution in [0.2, 0.25) is 0 Å². The van der Waals surface area contributed by atoms with Crippen LogP contribution < -0.4 is 37.6 Å². The topological polar surface area (TPSA) is 383 Å². The van der Waals surface area contributed by atoms with Gasteiger partial charge in [0.2, 0.25) is 11.8 Å². The predicted molar refractivity (Wildman–Crippen MR) is 458 cm³/mol. The summed E-state index contributed by atoms with van der Waals surface area (Å²) in [5.74, 6) is 0.372. The van der Waals surface area contributed by atoms with Crippen LogP contribution >= 0.6 is 11.6 Å². The largest absolute Gasteiger partial charge is 0.508 e. The Labute approximate surface area is 681 Å². The quantitative estimate of drug-likeness (QED) is 0.0335. The average Bonchev–Trinajstić information content (AvgIpc) is 1.62. The number of ether oxygens (including phenoxy) is 2. The Hall–Kier alpha value is -11.0. The number of phenols is 4. The third-order valence-electron chi connectivity index (χ3n) is 20.3. The van der Waals surface area contributed by atoms with E-state index in [4.69, 9.17) is 37.0 Å². The zero-order valence-corrected chi connectivity index (χ0v) is 68.2. The van der Waals surface area contributed by atoms with E-state index in [2.05, 4.69) is 89.4 Å². The van der Waals surface area contributed by atoms with Gasteiger partial charge >= 0.3 is 12.2 Å². The number of para-hydroxylation sites is 2. The lowest BCUT2D eigenvalue weighted by Gasteiger charge is -2.34. The van der Waals surface area contributed by atoms with E-state index in [1.165, 1.54) is 27.9 Å². The molecule has 0 spiro atoms. The number of piperidine rings is 4. The fourth-order valence-corrected chi connectivity index (χ4v) is 14.2. The van der Waals surface area contributed by atoms with Gasteiger partial charge in [0.05, 0.1) is 33.0 Å². The summed E-state index contributed by atoms with van der Waals surface area (Å²) in [6.45, 7) is 16.5. The van der Waals surface area contributed by atoms with Crippen LogP contribution in [0.4, 0.5) is 43.7 Å². The van der Waals surface area contributed by atoms with Gasteiger partial charge in [-0.25, -0.2) is 9.59 Å². The smallest absolute Gasteiger partial charge is 0.410 e. The number of aryl methyl sites for hydroxylation is 2. The van der Waals surface area contributed by atoms with Crippen LogP contribution in [0, 0.1) is 0 Å². The third kappa shape index (κ3) is 25.0. The Kier molecular flexibility index (Phi) is 32.2. The van der Waals surface area contributed by atoms with Crippen molar-refractivity contribution in [3.63, 3.8) is 0 Å². The average molecular weight is 1610 g/mol. The molecule has 28 heteroatoms. The number of hydrogen-bond donors (Lipinski definition) is 15. The number of ketones is 1. The molecule has 0 atom stereocenters. The molecule has 0 bridgehead atoms. The Morgan fingerprint density at radius 1 is 0.457 bits per heavy atom. The molecule has 4 saturated heterocycles. The van der Waals surface area contributed by atoms with Gasteiger partial charge in [-0.2, -0.15) is 0 Å². The molecule has 4 amide bonds. The zero-order valence-electron chi connectivity index (χ0n) is 67.4. The fourth-order valence-electron chi connectivity index (χ4n) is 14.1. The lowest BCUT2D eigenvalue weighted by Crippen LogP contribution is -2.44. The number of Topliss-reactive ketones (excluding diaryl/α,β-unsaturated/α-hetero) is 1. The number of carbonyl (C=O) groups excluding carboxylic acids is 5. The number of rotatable bonds is 15. The van der Waals surface area contributed by atoms with Crippen LogP contribution in [0.25, 0.3) is 43.6 Å². The van der Waals surface area contributed by atoms with Crippen molar-refractivity contribution in [2.75, 3.05) is 97.1 Å². The molecular formula is C88H113ClN12O15. The SMILES string of the molecule is CC(C)(C)OC(=O)N1CCC(=O)CC1.CC(C)(C)OC(=O)N1CCC(Nc2cccc(O)c2CO)CC1.Cn1c2ccccc2c2cc(NC(=O)CCl)ccc21.Cn1c2ccccc2c2cc(NC(=O)CN3CCC(Nc4cccc(O)c4CO)CC3)ccc21.Nc1cccc(O)c1CO.OCc1c(O)cccc1NC1CCNCC1. The number of nitrogens with one attached hydrogen (secondary N) is 6. The minimum Gasteiger partial charge on any atom is -0.508 e. The highest BCUT2D eigenvalue weighted by Crippen LogP contribution is 2.35. The number of aliphatic hydroxyl groups excluding tert-OH is 4. The molecule has 2 aromatic heterocycles. The predicted octanol–water partition coefficient (Wildman–Crippen LogP) is 13.4. The number of halogens is 1. The number of likely N-dealkylation sites (tertiary alicyclic amines) is 3. The van der Waals surface area contributed by atoms with Crippen LogP contribution in [-0.4, -0.2) is 189 Å². The maximum Gasteiger partial charge on any atom is 0.410 e. The number of alkyl halides is 1. The van der Waals surface area contributed by atoms with Gasteiger partial charge in [0, 0.05) is 184 Å². The Morgan fingerprint density at radius 2 is 0.819 bits per heavy atom. The lowest BCUT2D eigenvalue weighted by atomic mass is 10.0. The molecular weight excluding hydrogens is 1500 g/mol. The van der Waals surface area contributed by atoms with E-state index in [9.17, 15) is 54.6 Å². The van der Waals surface area contributed by atoms with E-state index in [0.29, 0.717) is 79.5 Å². The van der Waals surface area contributed by atoms with Crippen LogP contribution in [0.15, 0.2) is 158 Å². The molecule has 0 unspecified atom stereocenters. The van der Waals surface area contributed by atoms with Crippen LogP contribution in [-0.2, 0) is 64.4 Å². The van der Waals surface area contributed by atoms with Gasteiger partial charge in [-0.15, -0.1) is 11.6 Å². The van der Waals surface area contributed by atoms with Gasteiger partial charge in [0.1, 0.15) is 45.9 Å². The first-order valence-electron chi connectivity index (χ1n) is 39.2. The summed E-state index contributed by atoms with van der Waals surface area (Å²) in [6, 6.07) is 49.7. The molecule has 0 aliphatic carbocycles. The van der Waals surface area contributed by atoms with Crippen molar-refractivity contribution in [1.82, 2.24) is 29.2 Å². The first-order chi connectivity index (χ1) is 55.5. The van der Waals surface area contributed by atoms with Crippen molar-refractivity contribution in [1.29, 1.82) is 0 Å². The van der Waals surface area contributed by atoms with Crippen molar-refractivity contribution >= 4 is 119 Å². The summed E-state index contributed by atoms with van der Waals surface area (Å²) in [4.78, 5) is 64.1. The standard InChI is InChI=1S/C27H30N4O3.C17H26N2O4.C15H13ClN2O.C12H18N2O2.C10H17NO3.C7H9NO2/c1-30-24-7-3-2-5-20(24)21-15-19(9-10-25(21)30)29-27(34)16-31-13-11-18(12-14-31)28-23-6-4-8-26(33)22(23)17-32;1-17(2,3)23-16(22)19-9-7-12(8-10-19)18-14-5-4-6-15(21)13(14)11-20;1-18-13-5-3-2-4-11(13)12-8-10(6-7-14(12)18)17-15(19)9-16;15-8-10-11(2-1-3-12(10)16)14-9-4-6-13-7-5-9;1-10(2,3)14-9(13)11-6-4-8(12)5-7-11;8-6-2-1-3-7(10)5(6)4-9/h2-10,15,18,28,32-33H,11-14,16-17H2,1H3,(H,29,34);4-6,12,18,20-21H,7-11H2,1-3H3;2-8H,9H2,1H3,(H,17,19);1-3,9,13-16H,4-8H2;4-7H2,1-3H3;1-3,9-10H,4,8H2. The number of nitrogens with two attached hydrogens (primary N) is 1. The molecule has 116 heavy (non-hydrogen) atoms. The number of fused-ring (bicyclic) bond motifs is 6. The molecule has 0 saturated carbocycles. The summed E-state index contributed by atoms with van der Waals surface area (Å²) in [7, 11) is 4.11. The minimum atomic E-state index is -0.482. The van der Waals surface area contributed by atoms with Gasteiger partial charge < -0.3 is 107 Å². The van der Waals surface area contributed by atoms with Crippen molar-refractivity contribution < 1.29 is 74.3 Å². The summed E-state index contributed by atoms with van der Waals surface area (Å²) in [5.41, 5.74) is 15.5. The summed E-state index contributed by atoms with van der Waals surface area (Å²) < 4.78 is 14.9. The molecule has 0 radical (unpaired) electrons. The highest BCUT2D eigenvalue weighted by atomic mass is 35.5. The molecule has 6 heterocycles. The highest BCUT2D eigenvalue weighted by Gasteiger charge is 2.29. The van der Waals surface area contributed by atoms with E-state index in [-0.39, 0.29) is 97.2 Å². The summed E-state index contributed by atoms with van der Waals surface area (Å²) in [5, 5.41) is 99.1. The van der Waals surface area contributed by atoms with Crippen LogP contribution in [0.1, 0.15) is 115 Å². The molecule has 622 valence electrons. The molecule has 16 N–H and O–H groups in total. The Balaban J connectivity index is 0.000000166. The highest BCUT2D eigenvalue weighted by molar-refractivity contribution is 6.29. The second kappa shape index (κ2) is 42.0. The lowest BCUT2D eigenvalue weighted by molar-refractivity contribution is -0.121. The molecule has 8 aromatic carbocycles. The molecule has 14 rings (SSSR count). The van der Waals surface area contributed by atoms with E-state index in [0.717, 1.165) is 115 Å². The second-order valence-corrected chi connectivity index (χ2v) is 31.3. The summed E-state index contributed by atoms with van der Waals surface area (Å²) in [6.07, 6.45) is 5.82. The number of benzene rings is 8. The van der Waals surface area contributed by atoms with Gasteiger partial charge in [-0.3, -0.25) is 19.3 Å². The van der Waals surface area contributed by atoms with Crippen molar-refractivity contribution in [3.8, 4) is 23.0 Å². The first-order valence-corrected chi connectivity index (χ1v) is 39.7. The number of aromatic hydroxyl groups is 4. The zero-order chi connectivity index (χ0) is 83.8. The van der Waals surface area contributed by atoms with Crippen LogP contribution in [0.3, 0.4) is 0 Å². The first kappa shape index (κ1) is 88.9. The van der Waals surface area contributed by atoms with Crippen molar-refractivity contribution in [3.05, 3.63) is 180 Å². The number of aromatic nitrogens is 2. The van der Waals surface area contributed by atoms with Crippen molar-refractivity contribution in [2.45, 2.75) is 149 Å². The number of nitrogens with zero attached hydrogens (tertiary/aromatic N) is 5. The summed E-state index contributed by atoms with van der Waals surface area (Å²) >= 11 is 5.50. The Bertz CT molecular complexity index is 4930. The van der Waals surface area contributed by atoms with E-state index >= 15 is 0 Å². The molecule has 4 fully saturated rings. The van der Waals surface area contributed by atoms with Gasteiger partial charge in [-0.1, -0.05) is 60.7 Å². The number of hydrogen-bond acceptors (Lipinski definition) is 21. The maximum atomic E-state index is 12.7. The van der Waals surface area contributed by atoms with E-state index in [1.807, 2.05) is 115 Å². The van der Waals surface area contributed by atoms with Gasteiger partial charge in [0.15, 0.2) is 0 Å². The van der Waals surface area contributed by atoms with Gasteiger partial charge in [-0.05, 0) is 190 Å². The fraction of sp³-hybridized carbons (Fsp3) is 0.398. The normalized spacial score (nSPS) is 14.9. The van der Waals surface area contributed by atoms with E-state index in [1.54, 1.807) is 58.3 Å². The molecule has 10 aromatic rings. The van der Waals surface area contributed by atoms with Crippen LogP contribution in [0.5, 0.6) is 23.0 Å². The Morgan fingerprint density at radius 3 is 1.21 bits per heavy atom. The van der Waals surface area contributed by atoms with Crippen molar-refractivity contribution in [2.24, 2.45) is 14.1 Å². The molecule has 4 aliphatic rings. The number of carbonyl (C=O) groups is 5. The third-order valence-corrected chi connectivity index (χ3v) is 20.5. The van der Waals surface area contributed by atoms with Gasteiger partial charge in [0.25, 0.3) is 0 Å². The monoisotopic (exact) mass is 1610 g/mol. The molecule has 4 aliphatic heterocycles. The number of amides is 4. The second-order valence-electron chi connectivity index (χ2n) is 31.0. The minimum absolute atomic E-state index is 0.0125. The number of anilines is 6.